The Morgan fingerprint density at radius 1 is 1.08 bits per heavy atom. The van der Waals surface area contributed by atoms with Crippen LogP contribution >= 0.6 is 0 Å². The Labute approximate surface area is 147 Å². The van der Waals surface area contributed by atoms with Crippen molar-refractivity contribution in [3.63, 3.8) is 0 Å². The number of rotatable bonds is 4. The Morgan fingerprint density at radius 3 is 2.33 bits per heavy atom. The van der Waals surface area contributed by atoms with Crippen LogP contribution in [0.4, 0.5) is 0 Å². The highest BCUT2D eigenvalue weighted by Crippen LogP contribution is 2.45. The highest BCUT2D eigenvalue weighted by molar-refractivity contribution is 6.59. The minimum atomic E-state index is -0.0655. The fourth-order valence-corrected chi connectivity index (χ4v) is 3.41. The summed E-state index contributed by atoms with van der Waals surface area (Å²) < 4.78 is 11.6. The van der Waals surface area contributed by atoms with E-state index < -0.39 is 0 Å². The van der Waals surface area contributed by atoms with E-state index in [1.807, 2.05) is 0 Å². The van der Waals surface area contributed by atoms with Gasteiger partial charge in [-0.25, -0.2) is 0 Å². The molecule has 3 rings (SSSR count). The van der Waals surface area contributed by atoms with Gasteiger partial charge in [-0.1, -0.05) is 50.2 Å². The minimum Gasteiger partial charge on any atom is -0.426 e. The zero-order chi connectivity index (χ0) is 17.2. The molecule has 0 atom stereocenters. The topological polar surface area (TPSA) is 21.7 Å². The third-order valence-electron chi connectivity index (χ3n) is 5.78. The van der Waals surface area contributed by atoms with Crippen LogP contribution in [0.3, 0.4) is 0 Å². The molecule has 4 heteroatoms. The number of morpholine rings is 1. The number of ether oxygens (including phenoxy) is 1. The van der Waals surface area contributed by atoms with E-state index in [2.05, 4.69) is 68.9 Å². The Kier molecular flexibility index (Phi) is 5.19. The highest BCUT2D eigenvalue weighted by atomic mass is 16.5. The maximum absolute atomic E-state index is 6.20. The zero-order valence-corrected chi connectivity index (χ0v) is 15.5. The van der Waals surface area contributed by atoms with Crippen molar-refractivity contribution in [2.24, 2.45) is 5.41 Å². The predicted molar refractivity (Wildman–Crippen MR) is 101 cm³/mol. The van der Waals surface area contributed by atoms with Gasteiger partial charge in [-0.05, 0) is 36.7 Å². The van der Waals surface area contributed by atoms with Gasteiger partial charge in [-0.3, -0.25) is 4.90 Å². The third-order valence-corrected chi connectivity index (χ3v) is 5.78. The van der Waals surface area contributed by atoms with E-state index in [-0.39, 0.29) is 17.9 Å². The van der Waals surface area contributed by atoms with Crippen LogP contribution in [-0.4, -0.2) is 43.7 Å². The summed E-state index contributed by atoms with van der Waals surface area (Å²) >= 11 is 0. The first-order chi connectivity index (χ1) is 11.4. The molecule has 1 aromatic rings. The average Bonchev–Trinajstić information content (AvgIpc) is 2.75. The molecule has 0 N–H and O–H groups in total. The van der Waals surface area contributed by atoms with Crippen molar-refractivity contribution >= 4 is 13.0 Å². The molecular formula is C20H30BNO2. The van der Waals surface area contributed by atoms with Crippen molar-refractivity contribution in [1.29, 1.82) is 0 Å². The molecule has 0 aromatic heterocycles. The second-order valence-electron chi connectivity index (χ2n) is 8.24. The first-order valence-corrected chi connectivity index (χ1v) is 9.11. The van der Waals surface area contributed by atoms with Gasteiger partial charge in [0, 0.05) is 19.6 Å². The van der Waals surface area contributed by atoms with Gasteiger partial charge in [-0.2, -0.15) is 0 Å². The van der Waals surface area contributed by atoms with Crippen LogP contribution in [0.1, 0.15) is 38.8 Å². The van der Waals surface area contributed by atoms with Crippen LogP contribution in [-0.2, 0) is 15.9 Å². The van der Waals surface area contributed by atoms with Crippen LogP contribution < -0.4 is 0 Å². The Bertz CT molecular complexity index is 558. The average molecular weight is 327 g/mol. The lowest BCUT2D eigenvalue weighted by Crippen LogP contribution is -2.35. The van der Waals surface area contributed by atoms with Gasteiger partial charge in [0.2, 0.25) is 0 Å². The Balaban J connectivity index is 1.56. The van der Waals surface area contributed by atoms with E-state index in [4.69, 9.17) is 9.39 Å². The van der Waals surface area contributed by atoms with Gasteiger partial charge in [0.25, 0.3) is 0 Å². The van der Waals surface area contributed by atoms with Crippen molar-refractivity contribution in [3.8, 4) is 0 Å². The summed E-state index contributed by atoms with van der Waals surface area (Å²) in [7, 11) is 0. The molecule has 1 aromatic carbocycles. The molecule has 0 amide bonds. The molecule has 0 spiro atoms. The van der Waals surface area contributed by atoms with E-state index in [0.29, 0.717) is 0 Å². The molecule has 2 fully saturated rings. The summed E-state index contributed by atoms with van der Waals surface area (Å²) in [6.45, 7) is 14.0. The summed E-state index contributed by atoms with van der Waals surface area (Å²) in [5, 5.41) is 0. The molecular weight excluding hydrogens is 297 g/mol. The lowest BCUT2D eigenvalue weighted by molar-refractivity contribution is 0.0342. The largest absolute Gasteiger partial charge is 0.426 e. The van der Waals surface area contributed by atoms with E-state index >= 15 is 0 Å². The summed E-state index contributed by atoms with van der Waals surface area (Å²) in [4.78, 5) is 2.45. The summed E-state index contributed by atoms with van der Waals surface area (Å²) in [5.74, 6) is 2.22. The third kappa shape index (κ3) is 4.11. The highest BCUT2D eigenvalue weighted by Gasteiger charge is 2.48. The molecule has 2 saturated heterocycles. The standard InChI is InChI=1S/C20H30BNO2/c1-19(2)16-21(24-20(19,3)4)10-9-17-5-7-18(8-6-17)15-22-11-13-23-14-12-22/h5-10H,11-16H2,1-4H3/b10-9+. The normalized spacial score (nSPS) is 23.9. The number of benzene rings is 1. The maximum Gasteiger partial charge on any atom is 0.320 e. The molecule has 24 heavy (non-hydrogen) atoms. The lowest BCUT2D eigenvalue weighted by Gasteiger charge is -2.34. The van der Waals surface area contributed by atoms with E-state index in [1.54, 1.807) is 0 Å². The molecule has 130 valence electrons. The smallest absolute Gasteiger partial charge is 0.320 e. The van der Waals surface area contributed by atoms with Crippen molar-refractivity contribution in [2.75, 3.05) is 26.3 Å². The van der Waals surface area contributed by atoms with E-state index in [1.165, 1.54) is 11.1 Å². The molecule has 2 heterocycles. The summed E-state index contributed by atoms with van der Waals surface area (Å²) in [6, 6.07) is 8.88. The van der Waals surface area contributed by atoms with Crippen LogP contribution in [0.5, 0.6) is 0 Å². The van der Waals surface area contributed by atoms with Gasteiger partial charge >= 0.3 is 6.92 Å². The second-order valence-corrected chi connectivity index (χ2v) is 8.24. The summed E-state index contributed by atoms with van der Waals surface area (Å²) in [5.41, 5.74) is 2.76. The first kappa shape index (κ1) is 17.7. The molecule has 0 radical (unpaired) electrons. The van der Waals surface area contributed by atoms with Gasteiger partial charge in [-0.15, -0.1) is 0 Å². The van der Waals surface area contributed by atoms with Crippen molar-refractivity contribution in [1.82, 2.24) is 4.90 Å². The van der Waals surface area contributed by atoms with Crippen molar-refractivity contribution < 1.29 is 9.39 Å². The van der Waals surface area contributed by atoms with E-state index in [0.717, 1.165) is 39.2 Å². The van der Waals surface area contributed by atoms with Crippen LogP contribution in [0, 0.1) is 5.41 Å². The Morgan fingerprint density at radius 2 is 1.75 bits per heavy atom. The molecule has 0 aliphatic carbocycles. The van der Waals surface area contributed by atoms with Gasteiger partial charge in [0.05, 0.1) is 18.8 Å². The van der Waals surface area contributed by atoms with Crippen LogP contribution in [0.25, 0.3) is 6.08 Å². The molecule has 0 bridgehead atoms. The zero-order valence-electron chi connectivity index (χ0n) is 15.5. The maximum atomic E-state index is 6.20. The molecule has 2 aliphatic rings. The van der Waals surface area contributed by atoms with E-state index in [9.17, 15) is 0 Å². The van der Waals surface area contributed by atoms with Crippen molar-refractivity contribution in [3.05, 3.63) is 41.4 Å². The first-order valence-electron chi connectivity index (χ1n) is 9.11. The Hall–Kier alpha value is -1.10. The number of nitrogens with zero attached hydrogens (tertiary/aromatic N) is 1. The van der Waals surface area contributed by atoms with Crippen molar-refractivity contribution in [2.45, 2.75) is 46.2 Å². The van der Waals surface area contributed by atoms with Gasteiger partial charge < -0.3 is 9.39 Å². The van der Waals surface area contributed by atoms with Gasteiger partial charge in [0.15, 0.2) is 0 Å². The van der Waals surface area contributed by atoms with Gasteiger partial charge in [0.1, 0.15) is 0 Å². The number of hydrogen-bond acceptors (Lipinski definition) is 3. The predicted octanol–water partition coefficient (Wildman–Crippen LogP) is 3.90. The SMILES string of the molecule is CC1(C)CB(/C=C/c2ccc(CN3CCOCC3)cc2)OC1(C)C. The second kappa shape index (κ2) is 7.03. The number of hydrogen-bond donors (Lipinski definition) is 0. The molecule has 2 aliphatic heterocycles. The minimum absolute atomic E-state index is 0.0655. The van der Waals surface area contributed by atoms with Crippen LogP contribution in [0.2, 0.25) is 6.32 Å². The molecule has 0 saturated carbocycles. The monoisotopic (exact) mass is 327 g/mol. The van der Waals surface area contributed by atoms with Crippen LogP contribution in [0.15, 0.2) is 30.2 Å². The fourth-order valence-electron chi connectivity index (χ4n) is 3.41. The fraction of sp³-hybridized carbons (Fsp3) is 0.600. The quantitative estimate of drug-likeness (QED) is 0.783. The lowest BCUT2D eigenvalue weighted by atomic mass is 9.58. The summed E-state index contributed by atoms with van der Waals surface area (Å²) in [6.07, 6.45) is 3.27. The molecule has 0 unspecified atom stereocenters. The molecule has 3 nitrogen and oxygen atoms in total.